The number of hydrogen-bond acceptors (Lipinski definition) is 6. The van der Waals surface area contributed by atoms with Crippen molar-refractivity contribution in [3.63, 3.8) is 0 Å². The van der Waals surface area contributed by atoms with Gasteiger partial charge < -0.3 is 29.4 Å². The first kappa shape index (κ1) is 33.3. The number of nitrogens with one attached hydrogen (secondary N) is 1. The van der Waals surface area contributed by atoms with Crippen molar-refractivity contribution in [2.24, 2.45) is 5.92 Å². The van der Waals surface area contributed by atoms with E-state index < -0.39 is 12.1 Å². The minimum atomic E-state index is -0.953. The van der Waals surface area contributed by atoms with Gasteiger partial charge in [-0.05, 0) is 52.0 Å². The molecule has 0 rings (SSSR count). The molecule has 2 atom stereocenters. The first-order chi connectivity index (χ1) is 16.6. The van der Waals surface area contributed by atoms with Gasteiger partial charge >= 0.3 is 0 Å². The van der Waals surface area contributed by atoms with E-state index in [1.165, 1.54) is 38.5 Å². The van der Waals surface area contributed by atoms with Gasteiger partial charge in [0, 0.05) is 12.5 Å². The number of ether oxygens (including phenoxy) is 4. The average Bonchev–Trinajstić information content (AvgIpc) is 2.84. The zero-order valence-corrected chi connectivity index (χ0v) is 23.1. The third-order valence-electron chi connectivity index (χ3n) is 5.74. The molecule has 2 N–H and O–H groups in total. The summed E-state index contributed by atoms with van der Waals surface area (Å²) in [4.78, 5) is 0. The van der Waals surface area contributed by atoms with Gasteiger partial charge in [0.05, 0.1) is 26.1 Å². The molecule has 34 heavy (non-hydrogen) atoms. The molecule has 0 saturated carbocycles. The third-order valence-corrected chi connectivity index (χ3v) is 5.74. The van der Waals surface area contributed by atoms with Crippen molar-refractivity contribution in [2.45, 2.75) is 124 Å². The second-order valence-corrected chi connectivity index (χ2v) is 9.21. The third kappa shape index (κ3) is 16.9. The monoisotopic (exact) mass is 487 g/mol. The van der Waals surface area contributed by atoms with Crippen molar-refractivity contribution >= 4 is 0 Å². The molecule has 0 aromatic carbocycles. The first-order valence-corrected chi connectivity index (χ1v) is 14.1. The Morgan fingerprint density at radius 1 is 0.765 bits per heavy atom. The molecule has 0 aliphatic rings. The van der Waals surface area contributed by atoms with Crippen LogP contribution in [0.1, 0.15) is 112 Å². The molecule has 0 heterocycles. The maximum Gasteiger partial charge on any atom is 0.285 e. The summed E-state index contributed by atoms with van der Waals surface area (Å²) in [6, 6.07) is 0. The van der Waals surface area contributed by atoms with E-state index in [1.807, 2.05) is 13.0 Å². The van der Waals surface area contributed by atoms with Gasteiger partial charge in [-0.3, -0.25) is 0 Å². The van der Waals surface area contributed by atoms with E-state index in [0.29, 0.717) is 33.0 Å². The first-order valence-electron chi connectivity index (χ1n) is 14.1. The Morgan fingerprint density at radius 3 is 1.88 bits per heavy atom. The van der Waals surface area contributed by atoms with Crippen LogP contribution in [0.2, 0.25) is 0 Å². The van der Waals surface area contributed by atoms with Crippen molar-refractivity contribution in [3.05, 3.63) is 12.3 Å². The maximum absolute atomic E-state index is 10.0. The fourth-order valence-corrected chi connectivity index (χ4v) is 3.94. The molecule has 0 bridgehead atoms. The molecule has 6 nitrogen and oxygen atoms in total. The minimum absolute atomic E-state index is 0.188. The molecule has 204 valence electrons. The summed E-state index contributed by atoms with van der Waals surface area (Å²) in [7, 11) is 0. The van der Waals surface area contributed by atoms with Crippen LogP contribution in [0.5, 0.6) is 0 Å². The van der Waals surface area contributed by atoms with Gasteiger partial charge in [-0.15, -0.1) is 0 Å². The Kier molecular flexibility index (Phi) is 23.6. The van der Waals surface area contributed by atoms with Gasteiger partial charge in [-0.1, -0.05) is 72.3 Å². The summed E-state index contributed by atoms with van der Waals surface area (Å²) < 4.78 is 24.3. The molecule has 0 radical (unpaired) electrons. The summed E-state index contributed by atoms with van der Waals surface area (Å²) in [5.41, 5.74) is 0. The summed E-state index contributed by atoms with van der Waals surface area (Å²) in [6.07, 6.45) is 16.3. The highest BCUT2D eigenvalue weighted by atomic mass is 16.9. The van der Waals surface area contributed by atoms with Gasteiger partial charge in [0.25, 0.3) is 5.97 Å². The molecule has 2 unspecified atom stereocenters. The van der Waals surface area contributed by atoms with Gasteiger partial charge in [0.1, 0.15) is 12.7 Å². The zero-order chi connectivity index (χ0) is 25.3. The average molecular weight is 488 g/mol. The van der Waals surface area contributed by atoms with Crippen molar-refractivity contribution in [3.8, 4) is 0 Å². The van der Waals surface area contributed by atoms with Crippen molar-refractivity contribution < 1.29 is 24.1 Å². The fraction of sp³-hybridized carbons (Fsp3) is 0.929. The molecule has 0 saturated heterocycles. The lowest BCUT2D eigenvalue weighted by Gasteiger charge is -2.40. The lowest BCUT2D eigenvalue weighted by Crippen LogP contribution is -2.47. The maximum atomic E-state index is 10.0. The molecule has 0 fully saturated rings. The number of allylic oxidation sites excluding steroid dienone is 1. The normalized spacial score (nSPS) is 14.1. The molecular formula is C28H57NO5. The van der Waals surface area contributed by atoms with Crippen LogP contribution in [0.4, 0.5) is 0 Å². The Morgan fingerprint density at radius 2 is 1.32 bits per heavy atom. The molecule has 0 aromatic rings. The largest absolute Gasteiger partial charge is 0.499 e. The fourth-order valence-electron chi connectivity index (χ4n) is 3.94. The number of unbranched alkanes of at least 4 members (excludes halogenated alkanes) is 5. The van der Waals surface area contributed by atoms with E-state index in [2.05, 4.69) is 33.0 Å². The van der Waals surface area contributed by atoms with Crippen LogP contribution in [0.15, 0.2) is 12.3 Å². The second kappa shape index (κ2) is 24.1. The smallest absolute Gasteiger partial charge is 0.285 e. The summed E-state index contributed by atoms with van der Waals surface area (Å²) >= 11 is 0. The second-order valence-electron chi connectivity index (χ2n) is 9.21. The summed E-state index contributed by atoms with van der Waals surface area (Å²) in [5.74, 6) is -0.765. The van der Waals surface area contributed by atoms with E-state index in [1.54, 1.807) is 6.26 Å². The van der Waals surface area contributed by atoms with Gasteiger partial charge in [-0.2, -0.15) is 0 Å². The Labute approximate surface area is 211 Å². The minimum Gasteiger partial charge on any atom is -0.499 e. The lowest BCUT2D eigenvalue weighted by molar-refractivity contribution is -0.406. The van der Waals surface area contributed by atoms with E-state index in [-0.39, 0.29) is 5.92 Å². The topological polar surface area (TPSA) is 69.2 Å². The van der Waals surface area contributed by atoms with E-state index >= 15 is 0 Å². The molecule has 0 amide bonds. The standard InChI is InChI=1S/C28H57NO5/c1-6-11-12-13-14-15-17-26(18-16-19-29-24-27(30)25-31-20-7-2)28(32-21-8-3,33-22-9-4)34-23-10-5/h7,20,26-27,29-30H,6,8-19,21-25H2,1-5H3. The highest BCUT2D eigenvalue weighted by Gasteiger charge is 2.41. The predicted molar refractivity (Wildman–Crippen MR) is 142 cm³/mol. The SMILES string of the molecule is CC=COCC(O)CNCCCC(CCCCCCCC)C(OCCC)(OCCC)OCCC. The van der Waals surface area contributed by atoms with Crippen molar-refractivity contribution in [1.82, 2.24) is 5.32 Å². The van der Waals surface area contributed by atoms with E-state index in [4.69, 9.17) is 18.9 Å². The Bertz CT molecular complexity index is 425. The summed E-state index contributed by atoms with van der Waals surface area (Å²) in [6.45, 7) is 14.1. The lowest BCUT2D eigenvalue weighted by atomic mass is 9.92. The molecule has 6 heteroatoms. The summed E-state index contributed by atoms with van der Waals surface area (Å²) in [5, 5.41) is 13.4. The van der Waals surface area contributed by atoms with Gasteiger partial charge in [0.15, 0.2) is 0 Å². The number of aliphatic hydroxyl groups is 1. The zero-order valence-electron chi connectivity index (χ0n) is 23.1. The number of rotatable bonds is 26. The Balaban J connectivity index is 5.02. The van der Waals surface area contributed by atoms with Crippen LogP contribution in [0, 0.1) is 5.92 Å². The molecule has 0 aliphatic heterocycles. The highest BCUT2D eigenvalue weighted by Crippen LogP contribution is 2.34. The van der Waals surface area contributed by atoms with Gasteiger partial charge in [-0.25, -0.2) is 0 Å². The number of hydrogen-bond donors (Lipinski definition) is 2. The highest BCUT2D eigenvalue weighted by molar-refractivity contribution is 4.74. The van der Waals surface area contributed by atoms with Crippen LogP contribution in [0.3, 0.4) is 0 Å². The quantitative estimate of drug-likeness (QED) is 0.0817. The molecule has 0 spiro atoms. The van der Waals surface area contributed by atoms with E-state index in [9.17, 15) is 5.11 Å². The van der Waals surface area contributed by atoms with Crippen molar-refractivity contribution in [2.75, 3.05) is 39.5 Å². The van der Waals surface area contributed by atoms with Crippen LogP contribution < -0.4 is 5.32 Å². The van der Waals surface area contributed by atoms with Crippen LogP contribution in [-0.2, 0) is 18.9 Å². The van der Waals surface area contributed by atoms with Gasteiger partial charge in [0.2, 0.25) is 0 Å². The van der Waals surface area contributed by atoms with Crippen molar-refractivity contribution in [1.29, 1.82) is 0 Å². The Hall–Kier alpha value is -0.660. The van der Waals surface area contributed by atoms with Crippen LogP contribution in [-0.4, -0.2) is 56.7 Å². The predicted octanol–water partition coefficient (Wildman–Crippen LogP) is 6.57. The molecule has 0 aromatic heterocycles. The van der Waals surface area contributed by atoms with Crippen LogP contribution in [0.25, 0.3) is 0 Å². The number of aliphatic hydroxyl groups excluding tert-OH is 1. The van der Waals surface area contributed by atoms with E-state index in [0.717, 1.165) is 45.1 Å². The molecule has 0 aliphatic carbocycles. The molecular weight excluding hydrogens is 430 g/mol. The van der Waals surface area contributed by atoms with Crippen LogP contribution >= 0.6 is 0 Å².